The summed E-state index contributed by atoms with van der Waals surface area (Å²) >= 11 is 0. The van der Waals surface area contributed by atoms with Gasteiger partial charge >= 0.3 is 0 Å². The summed E-state index contributed by atoms with van der Waals surface area (Å²) in [7, 11) is -3.94. The molecule has 1 amide bonds. The summed E-state index contributed by atoms with van der Waals surface area (Å²) in [5.74, 6) is -0.592. The van der Waals surface area contributed by atoms with E-state index in [1.807, 2.05) is 42.5 Å². The van der Waals surface area contributed by atoms with Gasteiger partial charge in [-0.2, -0.15) is 0 Å². The zero-order chi connectivity index (χ0) is 29.8. The first-order valence-corrected chi connectivity index (χ1v) is 16.6. The van der Waals surface area contributed by atoms with E-state index in [1.54, 1.807) is 30.6 Å². The Balaban J connectivity index is 0.00000337. The van der Waals surface area contributed by atoms with Crippen LogP contribution in [0.5, 0.6) is 0 Å². The second-order valence-corrected chi connectivity index (χ2v) is 13.0. The van der Waals surface area contributed by atoms with E-state index in [2.05, 4.69) is 15.0 Å². The molecule has 9 nitrogen and oxygen atoms in total. The number of rotatable bonds is 15. The molecule has 0 spiro atoms. The van der Waals surface area contributed by atoms with Gasteiger partial charge in [-0.25, -0.2) is 8.42 Å². The second-order valence-electron chi connectivity index (χ2n) is 11.1. The molecule has 1 aromatic carbocycles. The van der Waals surface area contributed by atoms with Crippen LogP contribution in [0, 0.1) is 5.41 Å². The Morgan fingerprint density at radius 3 is 2.50 bits per heavy atom. The van der Waals surface area contributed by atoms with Crippen molar-refractivity contribution in [1.82, 2.24) is 15.0 Å². The zero-order valence-electron chi connectivity index (χ0n) is 24.8. The molecule has 4 N–H and O–H groups in total. The molecule has 1 heterocycles. The third-order valence-electron chi connectivity index (χ3n) is 7.97. The predicted molar refractivity (Wildman–Crippen MR) is 176 cm³/mol. The number of ether oxygens (including phenoxy) is 1. The van der Waals surface area contributed by atoms with E-state index >= 15 is 0 Å². The number of halogens is 2. The van der Waals surface area contributed by atoms with Crippen LogP contribution < -0.4 is 10.0 Å². The number of hydrogen-bond acceptors (Lipinski definition) is 8. The zero-order valence-corrected chi connectivity index (χ0v) is 27.3. The van der Waals surface area contributed by atoms with Gasteiger partial charge < -0.3 is 20.3 Å². The van der Waals surface area contributed by atoms with Crippen LogP contribution in [-0.4, -0.2) is 61.1 Å². The maximum Gasteiger partial charge on any atom is 0.251 e. The fraction of sp³-hybridized carbons (Fsp3) is 0.500. The smallest absolute Gasteiger partial charge is 0.251 e. The Labute approximate surface area is 273 Å². The summed E-state index contributed by atoms with van der Waals surface area (Å²) in [6.45, 7) is 0.443. The molecule has 244 valence electrons. The van der Waals surface area contributed by atoms with Crippen molar-refractivity contribution in [2.75, 3.05) is 25.4 Å². The summed E-state index contributed by atoms with van der Waals surface area (Å²) in [5.41, 5.74) is 0.358. The van der Waals surface area contributed by atoms with Crippen LogP contribution in [0.2, 0.25) is 0 Å². The summed E-state index contributed by atoms with van der Waals surface area (Å²) in [6, 6.07) is 13.5. The van der Waals surface area contributed by atoms with Crippen molar-refractivity contribution >= 4 is 40.7 Å². The number of sulfonamides is 1. The highest BCUT2D eigenvalue weighted by Gasteiger charge is 2.45. The SMILES string of the molecule is Cl.Cl.O=C(NS(=O)(=O)CCCCO)C1(CCNC[C@H](O)c2cccnc2)C=CC(c2ccccc2)C=C1OC1CCCCC1. The molecule has 1 aromatic heterocycles. The topological polar surface area (TPSA) is 138 Å². The van der Waals surface area contributed by atoms with Gasteiger partial charge in [-0.15, -0.1) is 24.8 Å². The van der Waals surface area contributed by atoms with Crippen molar-refractivity contribution in [3.8, 4) is 0 Å². The van der Waals surface area contributed by atoms with Crippen LogP contribution in [0.4, 0.5) is 0 Å². The number of nitrogens with one attached hydrogen (secondary N) is 2. The molecule has 3 atom stereocenters. The number of benzene rings is 1. The van der Waals surface area contributed by atoms with Gasteiger partial charge in [0, 0.05) is 37.0 Å². The molecule has 1 fully saturated rings. The molecule has 0 saturated heterocycles. The maximum absolute atomic E-state index is 14.0. The number of unbranched alkanes of at least 4 members (excludes halogenated alkanes) is 1. The molecule has 12 heteroatoms. The predicted octanol–water partition coefficient (Wildman–Crippen LogP) is 4.73. The van der Waals surface area contributed by atoms with E-state index in [0.29, 0.717) is 24.3 Å². The standard InChI is InChI=1S/C32H43N3O6S.2ClH/c36-20-7-8-21-42(39,40)35-31(38)32(17-19-34-24-29(37)27-12-9-18-33-23-27)16-15-26(25-10-3-1-4-11-25)22-30(32)41-28-13-5-2-6-14-28;;/h1,3-4,9-12,15-16,18,22-23,26,28-29,34,36-37H,2,5-8,13-14,17,19-21,24H2,(H,35,38);2*1H/t26?,29-,32?;;/m0../s1. The fourth-order valence-electron chi connectivity index (χ4n) is 5.52. The number of carbonyl (C=O) groups excluding carboxylic acids is 1. The van der Waals surface area contributed by atoms with Crippen LogP contribution in [0.25, 0.3) is 0 Å². The van der Waals surface area contributed by atoms with Crippen molar-refractivity contribution < 1.29 is 28.2 Å². The molecule has 2 aromatic rings. The number of amides is 1. The van der Waals surface area contributed by atoms with Crippen molar-refractivity contribution in [3.05, 3.63) is 90.0 Å². The molecule has 2 aliphatic rings. The van der Waals surface area contributed by atoms with Crippen LogP contribution in [-0.2, 0) is 19.6 Å². The molecule has 4 rings (SSSR count). The first-order valence-electron chi connectivity index (χ1n) is 14.9. The highest BCUT2D eigenvalue weighted by Crippen LogP contribution is 2.43. The molecule has 2 unspecified atom stereocenters. The first-order chi connectivity index (χ1) is 20.3. The summed E-state index contributed by atoms with van der Waals surface area (Å²) in [5, 5.41) is 22.9. The van der Waals surface area contributed by atoms with E-state index in [0.717, 1.165) is 37.7 Å². The number of allylic oxidation sites excluding steroid dienone is 2. The molecule has 1 saturated carbocycles. The lowest BCUT2D eigenvalue weighted by Crippen LogP contribution is -2.47. The fourth-order valence-corrected chi connectivity index (χ4v) is 6.67. The third kappa shape index (κ3) is 10.6. The maximum atomic E-state index is 14.0. The number of nitrogens with zero attached hydrogens (tertiary/aromatic N) is 1. The normalized spacial score (nSPS) is 20.9. The first kappa shape index (κ1) is 37.7. The average Bonchev–Trinajstić information content (AvgIpc) is 3.01. The van der Waals surface area contributed by atoms with E-state index in [9.17, 15) is 18.3 Å². The van der Waals surface area contributed by atoms with Gasteiger partial charge in [0.25, 0.3) is 5.91 Å². The van der Waals surface area contributed by atoms with Gasteiger partial charge in [-0.3, -0.25) is 14.5 Å². The lowest BCUT2D eigenvalue weighted by molar-refractivity contribution is -0.127. The van der Waals surface area contributed by atoms with E-state index in [-0.39, 0.29) is 68.6 Å². The van der Waals surface area contributed by atoms with E-state index in [4.69, 9.17) is 9.84 Å². The Morgan fingerprint density at radius 1 is 1.07 bits per heavy atom. The molecule has 0 bridgehead atoms. The average molecular weight is 671 g/mol. The van der Waals surface area contributed by atoms with E-state index in [1.165, 1.54) is 0 Å². The molecular weight excluding hydrogens is 625 g/mol. The minimum atomic E-state index is -3.94. The van der Waals surface area contributed by atoms with Crippen LogP contribution in [0.15, 0.2) is 78.8 Å². The summed E-state index contributed by atoms with van der Waals surface area (Å²) < 4.78 is 34.7. The third-order valence-corrected chi connectivity index (χ3v) is 9.29. The Hall–Kier alpha value is -2.47. The van der Waals surface area contributed by atoms with Gasteiger partial charge in [-0.1, -0.05) is 55.0 Å². The molecule has 0 radical (unpaired) electrons. The highest BCUT2D eigenvalue weighted by atomic mass is 35.5. The number of aliphatic hydroxyl groups is 2. The highest BCUT2D eigenvalue weighted by molar-refractivity contribution is 7.90. The number of pyridine rings is 1. The van der Waals surface area contributed by atoms with Gasteiger partial charge in [0.2, 0.25) is 10.0 Å². The molecule has 2 aliphatic carbocycles. The summed E-state index contributed by atoms with van der Waals surface area (Å²) in [6.07, 6.45) is 13.9. The van der Waals surface area contributed by atoms with Crippen LogP contribution >= 0.6 is 24.8 Å². The van der Waals surface area contributed by atoms with Crippen LogP contribution in [0.1, 0.15) is 74.5 Å². The summed E-state index contributed by atoms with van der Waals surface area (Å²) in [4.78, 5) is 18.1. The number of aliphatic hydroxyl groups excluding tert-OH is 2. The lowest BCUT2D eigenvalue weighted by Gasteiger charge is -2.38. The number of aromatic nitrogens is 1. The Morgan fingerprint density at radius 2 is 1.82 bits per heavy atom. The van der Waals surface area contributed by atoms with E-state index < -0.39 is 27.4 Å². The van der Waals surface area contributed by atoms with Gasteiger partial charge in [0.15, 0.2) is 0 Å². The number of hydrogen-bond donors (Lipinski definition) is 4. The van der Waals surface area contributed by atoms with Crippen LogP contribution in [0.3, 0.4) is 0 Å². The largest absolute Gasteiger partial charge is 0.494 e. The Bertz CT molecular complexity index is 1310. The van der Waals surface area contributed by atoms with Crippen molar-refractivity contribution in [2.24, 2.45) is 5.41 Å². The molecule has 44 heavy (non-hydrogen) atoms. The quantitative estimate of drug-likeness (QED) is 0.158. The van der Waals surface area contributed by atoms with Crippen molar-refractivity contribution in [1.29, 1.82) is 0 Å². The monoisotopic (exact) mass is 669 g/mol. The number of carbonyl (C=O) groups is 1. The minimum Gasteiger partial charge on any atom is -0.494 e. The van der Waals surface area contributed by atoms with Gasteiger partial charge in [-0.05, 0) is 69.2 Å². The Kier molecular flexibility index (Phi) is 15.8. The second kappa shape index (κ2) is 18.5. The van der Waals surface area contributed by atoms with Gasteiger partial charge in [0.1, 0.15) is 11.2 Å². The minimum absolute atomic E-state index is 0. The van der Waals surface area contributed by atoms with Crippen molar-refractivity contribution in [2.45, 2.75) is 69.5 Å². The molecular formula is C32H45Cl2N3O6S. The lowest BCUT2D eigenvalue weighted by atomic mass is 9.75. The molecule has 0 aliphatic heterocycles. The van der Waals surface area contributed by atoms with Gasteiger partial charge in [0.05, 0.1) is 18.0 Å². The van der Waals surface area contributed by atoms with Crippen molar-refractivity contribution in [3.63, 3.8) is 0 Å².